The van der Waals surface area contributed by atoms with E-state index in [1.165, 1.54) is 23.5 Å². The lowest BCUT2D eigenvalue weighted by atomic mass is 9.63. The zero-order valence-electron chi connectivity index (χ0n) is 13.0. The third-order valence-electron chi connectivity index (χ3n) is 4.66. The number of rotatable bonds is 5. The number of hydrogen-bond acceptors (Lipinski definition) is 3. The van der Waals surface area contributed by atoms with Crippen LogP contribution in [0.1, 0.15) is 36.6 Å². The van der Waals surface area contributed by atoms with E-state index in [1.807, 2.05) is 17.5 Å². The monoisotopic (exact) mass is 333 g/mol. The number of benzene rings is 1. The summed E-state index contributed by atoms with van der Waals surface area (Å²) in [4.78, 5) is 13.5. The molecule has 1 aliphatic rings. The summed E-state index contributed by atoms with van der Waals surface area (Å²) in [7, 11) is 0. The predicted molar refractivity (Wildman–Crippen MR) is 88.8 cm³/mol. The van der Waals surface area contributed by atoms with Crippen LogP contribution in [0.2, 0.25) is 0 Å². The van der Waals surface area contributed by atoms with Crippen LogP contribution >= 0.6 is 11.3 Å². The molecule has 1 atom stereocenters. The SMILES string of the molecule is CC(O)(CNC(=O)C1(c2cccc(F)c2)CCC1)c1cccs1. The Kier molecular flexibility index (Phi) is 4.25. The molecule has 3 nitrogen and oxygen atoms in total. The van der Waals surface area contributed by atoms with E-state index < -0.39 is 11.0 Å². The van der Waals surface area contributed by atoms with Crippen LogP contribution < -0.4 is 5.32 Å². The maximum absolute atomic E-state index is 13.5. The average molecular weight is 333 g/mol. The molecular formula is C18H20FNO2S. The van der Waals surface area contributed by atoms with Gasteiger partial charge < -0.3 is 10.4 Å². The van der Waals surface area contributed by atoms with Crippen LogP contribution in [-0.4, -0.2) is 17.6 Å². The molecule has 0 radical (unpaired) electrons. The fraction of sp³-hybridized carbons (Fsp3) is 0.389. The summed E-state index contributed by atoms with van der Waals surface area (Å²) in [6.45, 7) is 1.83. The third-order valence-corrected chi connectivity index (χ3v) is 5.79. The molecule has 1 amide bonds. The minimum atomic E-state index is -1.10. The first-order valence-corrected chi connectivity index (χ1v) is 8.63. The molecule has 1 aromatic heterocycles. The van der Waals surface area contributed by atoms with Crippen LogP contribution in [0, 0.1) is 5.82 Å². The van der Waals surface area contributed by atoms with E-state index in [0.717, 1.165) is 16.9 Å². The van der Waals surface area contributed by atoms with Crippen molar-refractivity contribution in [1.29, 1.82) is 0 Å². The third kappa shape index (κ3) is 3.03. The summed E-state index contributed by atoms with van der Waals surface area (Å²) in [5.74, 6) is -0.460. The van der Waals surface area contributed by atoms with Crippen molar-refractivity contribution in [2.24, 2.45) is 0 Å². The molecule has 3 rings (SSSR count). The normalized spacial score (nSPS) is 18.7. The number of thiophene rings is 1. The molecule has 1 aromatic carbocycles. The largest absolute Gasteiger partial charge is 0.383 e. The van der Waals surface area contributed by atoms with Gasteiger partial charge in [0.1, 0.15) is 11.4 Å². The topological polar surface area (TPSA) is 49.3 Å². The molecule has 23 heavy (non-hydrogen) atoms. The zero-order chi connectivity index (χ0) is 16.5. The van der Waals surface area contributed by atoms with Crippen molar-refractivity contribution in [3.05, 3.63) is 58.0 Å². The lowest BCUT2D eigenvalue weighted by Gasteiger charge is -2.41. The van der Waals surface area contributed by atoms with Crippen molar-refractivity contribution in [2.75, 3.05) is 6.54 Å². The molecule has 1 fully saturated rings. The highest BCUT2D eigenvalue weighted by molar-refractivity contribution is 7.10. The lowest BCUT2D eigenvalue weighted by molar-refractivity contribution is -0.131. The number of carbonyl (C=O) groups is 1. The standard InChI is InChI=1S/C18H20FNO2S/c1-17(22,15-7-3-10-23-15)12-20-16(21)18(8-4-9-18)13-5-2-6-14(19)11-13/h2-3,5-7,10-11,22H,4,8-9,12H2,1H3,(H,20,21). The van der Waals surface area contributed by atoms with Crippen LogP contribution in [0.25, 0.3) is 0 Å². The van der Waals surface area contributed by atoms with Crippen LogP contribution in [0.4, 0.5) is 4.39 Å². The van der Waals surface area contributed by atoms with Gasteiger partial charge in [0, 0.05) is 4.88 Å². The van der Waals surface area contributed by atoms with Gasteiger partial charge in [-0.2, -0.15) is 0 Å². The number of hydrogen-bond donors (Lipinski definition) is 2. The summed E-state index contributed by atoms with van der Waals surface area (Å²) in [6.07, 6.45) is 2.37. The molecule has 0 aliphatic heterocycles. The van der Waals surface area contributed by atoms with Crippen molar-refractivity contribution in [3.8, 4) is 0 Å². The summed E-state index contributed by atoms with van der Waals surface area (Å²) in [6, 6.07) is 9.99. The molecule has 0 bridgehead atoms. The van der Waals surface area contributed by atoms with Crippen LogP contribution in [-0.2, 0) is 15.8 Å². The van der Waals surface area contributed by atoms with Gasteiger partial charge in [0.15, 0.2) is 0 Å². The smallest absolute Gasteiger partial charge is 0.230 e. The molecule has 2 aromatic rings. The van der Waals surface area contributed by atoms with Crippen LogP contribution in [0.15, 0.2) is 41.8 Å². The van der Waals surface area contributed by atoms with E-state index in [4.69, 9.17) is 0 Å². The van der Waals surface area contributed by atoms with Crippen LogP contribution in [0.3, 0.4) is 0 Å². The average Bonchev–Trinajstić information content (AvgIpc) is 2.99. The Hall–Kier alpha value is -1.72. The van der Waals surface area contributed by atoms with Gasteiger partial charge >= 0.3 is 0 Å². The summed E-state index contributed by atoms with van der Waals surface area (Å²) in [5.41, 5.74) is -1.04. The van der Waals surface area contributed by atoms with Crippen molar-refractivity contribution in [2.45, 2.75) is 37.2 Å². The molecule has 1 heterocycles. The van der Waals surface area contributed by atoms with Crippen molar-refractivity contribution < 1.29 is 14.3 Å². The van der Waals surface area contributed by atoms with E-state index in [-0.39, 0.29) is 18.3 Å². The highest BCUT2D eigenvalue weighted by Crippen LogP contribution is 2.44. The van der Waals surface area contributed by atoms with Gasteiger partial charge in [-0.1, -0.05) is 24.6 Å². The first-order chi connectivity index (χ1) is 10.9. The van der Waals surface area contributed by atoms with Crippen molar-refractivity contribution in [3.63, 3.8) is 0 Å². The van der Waals surface area contributed by atoms with Crippen LogP contribution in [0.5, 0.6) is 0 Å². The second kappa shape index (κ2) is 6.06. The van der Waals surface area contributed by atoms with Gasteiger partial charge in [0.2, 0.25) is 5.91 Å². The lowest BCUT2D eigenvalue weighted by Crippen LogP contribution is -2.51. The van der Waals surface area contributed by atoms with E-state index in [2.05, 4.69) is 5.32 Å². The van der Waals surface area contributed by atoms with Gasteiger partial charge in [-0.25, -0.2) is 4.39 Å². The maximum Gasteiger partial charge on any atom is 0.230 e. The van der Waals surface area contributed by atoms with Gasteiger partial charge in [0.05, 0.1) is 12.0 Å². The second-order valence-corrected chi connectivity index (χ2v) is 7.33. The summed E-state index contributed by atoms with van der Waals surface area (Å²) in [5, 5.41) is 15.3. The maximum atomic E-state index is 13.5. The quantitative estimate of drug-likeness (QED) is 0.882. The summed E-state index contributed by atoms with van der Waals surface area (Å²) < 4.78 is 13.5. The molecule has 1 aliphatic carbocycles. The van der Waals surface area contributed by atoms with E-state index >= 15 is 0 Å². The molecule has 0 spiro atoms. The molecule has 2 N–H and O–H groups in total. The van der Waals surface area contributed by atoms with E-state index in [0.29, 0.717) is 12.8 Å². The molecule has 5 heteroatoms. The Morgan fingerprint density at radius 3 is 2.74 bits per heavy atom. The number of halogens is 1. The molecule has 1 saturated carbocycles. The second-order valence-electron chi connectivity index (χ2n) is 6.38. The highest BCUT2D eigenvalue weighted by atomic mass is 32.1. The highest BCUT2D eigenvalue weighted by Gasteiger charge is 2.46. The number of aliphatic hydroxyl groups is 1. The van der Waals surface area contributed by atoms with Gasteiger partial charge in [-0.15, -0.1) is 11.3 Å². The fourth-order valence-corrected chi connectivity index (χ4v) is 3.84. The van der Waals surface area contributed by atoms with Gasteiger partial charge in [-0.3, -0.25) is 4.79 Å². The fourth-order valence-electron chi connectivity index (χ4n) is 3.06. The van der Waals surface area contributed by atoms with Crippen molar-refractivity contribution in [1.82, 2.24) is 5.32 Å². The molecule has 1 unspecified atom stereocenters. The first kappa shape index (κ1) is 16.1. The minimum absolute atomic E-state index is 0.133. The Balaban J connectivity index is 1.74. The minimum Gasteiger partial charge on any atom is -0.383 e. The summed E-state index contributed by atoms with van der Waals surface area (Å²) >= 11 is 1.46. The molecular weight excluding hydrogens is 313 g/mol. The number of carbonyl (C=O) groups excluding carboxylic acids is 1. The number of amides is 1. The Morgan fingerprint density at radius 2 is 2.17 bits per heavy atom. The molecule has 0 saturated heterocycles. The van der Waals surface area contributed by atoms with Crippen molar-refractivity contribution >= 4 is 17.2 Å². The Bertz CT molecular complexity index is 693. The number of nitrogens with one attached hydrogen (secondary N) is 1. The van der Waals surface area contributed by atoms with Gasteiger partial charge in [-0.05, 0) is 48.9 Å². The van der Waals surface area contributed by atoms with Gasteiger partial charge in [0.25, 0.3) is 0 Å². The zero-order valence-corrected chi connectivity index (χ0v) is 13.8. The Morgan fingerprint density at radius 1 is 1.39 bits per heavy atom. The van der Waals surface area contributed by atoms with E-state index in [1.54, 1.807) is 19.1 Å². The first-order valence-electron chi connectivity index (χ1n) is 7.75. The Labute approximate surface area is 139 Å². The predicted octanol–water partition coefficient (Wildman–Crippen LogP) is 3.33. The van der Waals surface area contributed by atoms with E-state index in [9.17, 15) is 14.3 Å². The molecule has 122 valence electrons.